The zero-order valence-corrected chi connectivity index (χ0v) is 10.9. The van der Waals surface area contributed by atoms with Crippen molar-refractivity contribution in [1.29, 1.82) is 0 Å². The third kappa shape index (κ3) is 2.62. The predicted octanol–water partition coefficient (Wildman–Crippen LogP) is 4.68. The maximum atomic E-state index is 6.25. The number of benzene rings is 2. The molecule has 1 unspecified atom stereocenters. The molecular weight excluding hydrogens is 230 g/mol. The molecule has 0 fully saturated rings. The Balaban J connectivity index is 2.44. The molecule has 0 aliphatic rings. The third-order valence-electron chi connectivity index (χ3n) is 3.17. The zero-order chi connectivity index (χ0) is 12.3. The summed E-state index contributed by atoms with van der Waals surface area (Å²) in [6.07, 6.45) is 3.37. The van der Waals surface area contributed by atoms with E-state index in [1.54, 1.807) is 0 Å². The summed E-state index contributed by atoms with van der Waals surface area (Å²) in [7, 11) is 0. The fraction of sp³-hybridized carbons (Fsp3) is 0.333. The first kappa shape index (κ1) is 12.4. The van der Waals surface area contributed by atoms with E-state index in [0.29, 0.717) is 0 Å². The van der Waals surface area contributed by atoms with Gasteiger partial charge in [-0.3, -0.25) is 0 Å². The number of unbranched alkanes of at least 4 members (excludes halogenated alkanes) is 1. The Morgan fingerprint density at radius 2 is 1.82 bits per heavy atom. The van der Waals surface area contributed by atoms with E-state index < -0.39 is 0 Å². The van der Waals surface area contributed by atoms with Crippen LogP contribution in [-0.2, 0) is 0 Å². The van der Waals surface area contributed by atoms with Gasteiger partial charge >= 0.3 is 0 Å². The summed E-state index contributed by atoms with van der Waals surface area (Å²) in [6.45, 7) is 2.19. The van der Waals surface area contributed by atoms with Crippen molar-refractivity contribution >= 4 is 22.4 Å². The van der Waals surface area contributed by atoms with Crippen LogP contribution >= 0.6 is 11.6 Å². The molecule has 17 heavy (non-hydrogen) atoms. The van der Waals surface area contributed by atoms with Gasteiger partial charge in [0.2, 0.25) is 0 Å². The predicted molar refractivity (Wildman–Crippen MR) is 75.4 cm³/mol. The Morgan fingerprint density at radius 1 is 1.12 bits per heavy atom. The Morgan fingerprint density at radius 3 is 2.53 bits per heavy atom. The van der Waals surface area contributed by atoms with Gasteiger partial charge in [0.1, 0.15) is 0 Å². The summed E-state index contributed by atoms with van der Waals surface area (Å²) in [5, 5.41) is 3.08. The van der Waals surface area contributed by atoms with E-state index in [1.165, 1.54) is 17.4 Å². The van der Waals surface area contributed by atoms with Gasteiger partial charge in [-0.1, -0.05) is 61.7 Å². The molecule has 0 bridgehead atoms. The van der Waals surface area contributed by atoms with E-state index in [9.17, 15) is 0 Å². The highest BCUT2D eigenvalue weighted by atomic mass is 35.5. The SMILES string of the molecule is CCCCC(N)c1ccc(Cl)c2ccccc12. The molecule has 0 radical (unpaired) electrons. The molecule has 2 N–H and O–H groups in total. The Hall–Kier alpha value is -1.05. The molecule has 1 nitrogen and oxygen atoms in total. The Bertz CT molecular complexity index is 507. The molecule has 0 amide bonds. The van der Waals surface area contributed by atoms with Crippen molar-refractivity contribution in [3.8, 4) is 0 Å². The highest BCUT2D eigenvalue weighted by Crippen LogP contribution is 2.30. The van der Waals surface area contributed by atoms with Crippen LogP contribution in [0.3, 0.4) is 0 Å². The largest absolute Gasteiger partial charge is 0.324 e. The van der Waals surface area contributed by atoms with Crippen molar-refractivity contribution in [3.05, 3.63) is 47.0 Å². The van der Waals surface area contributed by atoms with Gasteiger partial charge in [0.05, 0.1) is 0 Å². The van der Waals surface area contributed by atoms with Crippen molar-refractivity contribution in [3.63, 3.8) is 0 Å². The second-order valence-electron chi connectivity index (χ2n) is 4.43. The minimum atomic E-state index is 0.108. The highest BCUT2D eigenvalue weighted by Gasteiger charge is 2.10. The van der Waals surface area contributed by atoms with Gasteiger partial charge in [-0.2, -0.15) is 0 Å². The smallest absolute Gasteiger partial charge is 0.0484 e. The molecule has 0 aliphatic heterocycles. The topological polar surface area (TPSA) is 26.0 Å². The summed E-state index contributed by atoms with van der Waals surface area (Å²) < 4.78 is 0. The molecule has 0 saturated heterocycles. The average molecular weight is 248 g/mol. The first-order valence-corrected chi connectivity index (χ1v) is 6.54. The number of rotatable bonds is 4. The van der Waals surface area contributed by atoms with E-state index in [1.807, 2.05) is 24.3 Å². The lowest BCUT2D eigenvalue weighted by Gasteiger charge is -2.15. The van der Waals surface area contributed by atoms with Crippen LogP contribution in [-0.4, -0.2) is 0 Å². The number of nitrogens with two attached hydrogens (primary N) is 1. The van der Waals surface area contributed by atoms with Crippen LogP contribution in [0.4, 0.5) is 0 Å². The molecule has 0 heterocycles. The number of hydrogen-bond acceptors (Lipinski definition) is 1. The van der Waals surface area contributed by atoms with Crippen LogP contribution in [0.25, 0.3) is 10.8 Å². The Kier molecular flexibility index (Phi) is 4.03. The molecule has 0 aliphatic carbocycles. The van der Waals surface area contributed by atoms with E-state index in [4.69, 9.17) is 17.3 Å². The van der Waals surface area contributed by atoms with Crippen LogP contribution < -0.4 is 5.73 Å². The van der Waals surface area contributed by atoms with Crippen molar-refractivity contribution < 1.29 is 0 Å². The molecule has 2 aromatic rings. The number of fused-ring (bicyclic) bond motifs is 1. The van der Waals surface area contributed by atoms with E-state index in [-0.39, 0.29) is 6.04 Å². The van der Waals surface area contributed by atoms with E-state index in [0.717, 1.165) is 23.3 Å². The van der Waals surface area contributed by atoms with Gasteiger partial charge < -0.3 is 5.73 Å². The van der Waals surface area contributed by atoms with Gasteiger partial charge in [0, 0.05) is 16.5 Å². The van der Waals surface area contributed by atoms with Crippen molar-refractivity contribution in [2.75, 3.05) is 0 Å². The van der Waals surface area contributed by atoms with Gasteiger partial charge in [-0.05, 0) is 23.4 Å². The first-order chi connectivity index (χ1) is 8.24. The molecule has 2 rings (SSSR count). The van der Waals surface area contributed by atoms with Crippen LogP contribution in [0.5, 0.6) is 0 Å². The number of halogens is 1. The molecular formula is C15H18ClN. The van der Waals surface area contributed by atoms with Crippen molar-refractivity contribution in [2.45, 2.75) is 32.2 Å². The molecule has 1 atom stereocenters. The van der Waals surface area contributed by atoms with Gasteiger partial charge in [0.15, 0.2) is 0 Å². The summed E-state index contributed by atoms with van der Waals surface area (Å²) in [6, 6.07) is 12.3. The molecule has 0 spiro atoms. The molecule has 0 aromatic heterocycles. The van der Waals surface area contributed by atoms with Crippen LogP contribution in [0.1, 0.15) is 37.8 Å². The van der Waals surface area contributed by atoms with Crippen LogP contribution in [0.2, 0.25) is 5.02 Å². The molecule has 0 saturated carbocycles. The van der Waals surface area contributed by atoms with Crippen LogP contribution in [0.15, 0.2) is 36.4 Å². The highest BCUT2D eigenvalue weighted by molar-refractivity contribution is 6.35. The normalized spacial score (nSPS) is 12.9. The lowest BCUT2D eigenvalue weighted by Crippen LogP contribution is -2.10. The summed E-state index contributed by atoms with van der Waals surface area (Å²) in [4.78, 5) is 0. The standard InChI is InChI=1S/C15H18ClN/c1-2-3-8-15(17)13-9-10-14(16)12-7-5-4-6-11(12)13/h4-7,9-10,15H,2-3,8,17H2,1H3. The fourth-order valence-corrected chi connectivity index (χ4v) is 2.42. The van der Waals surface area contributed by atoms with Crippen molar-refractivity contribution in [1.82, 2.24) is 0 Å². The lowest BCUT2D eigenvalue weighted by atomic mass is 9.96. The summed E-state index contributed by atoms with van der Waals surface area (Å²) >= 11 is 6.20. The van der Waals surface area contributed by atoms with Crippen LogP contribution in [0, 0.1) is 0 Å². The van der Waals surface area contributed by atoms with Gasteiger partial charge in [-0.15, -0.1) is 0 Å². The minimum Gasteiger partial charge on any atom is -0.324 e. The quantitative estimate of drug-likeness (QED) is 0.834. The van der Waals surface area contributed by atoms with Crippen molar-refractivity contribution in [2.24, 2.45) is 5.73 Å². The Labute approximate surface area is 108 Å². The van der Waals surface area contributed by atoms with E-state index >= 15 is 0 Å². The minimum absolute atomic E-state index is 0.108. The lowest BCUT2D eigenvalue weighted by molar-refractivity contribution is 0.607. The zero-order valence-electron chi connectivity index (χ0n) is 10.1. The maximum absolute atomic E-state index is 6.25. The molecule has 90 valence electrons. The fourth-order valence-electron chi connectivity index (χ4n) is 2.19. The molecule has 2 heteroatoms. The second kappa shape index (κ2) is 5.52. The molecule has 2 aromatic carbocycles. The average Bonchev–Trinajstić information content (AvgIpc) is 2.37. The van der Waals surface area contributed by atoms with Gasteiger partial charge in [-0.25, -0.2) is 0 Å². The number of hydrogen-bond donors (Lipinski definition) is 1. The monoisotopic (exact) mass is 247 g/mol. The van der Waals surface area contributed by atoms with Gasteiger partial charge in [0.25, 0.3) is 0 Å². The first-order valence-electron chi connectivity index (χ1n) is 6.16. The maximum Gasteiger partial charge on any atom is 0.0484 e. The summed E-state index contributed by atoms with van der Waals surface area (Å²) in [5.41, 5.74) is 7.46. The van der Waals surface area contributed by atoms with E-state index in [2.05, 4.69) is 19.1 Å². The third-order valence-corrected chi connectivity index (χ3v) is 3.50. The summed E-state index contributed by atoms with van der Waals surface area (Å²) in [5.74, 6) is 0. The second-order valence-corrected chi connectivity index (χ2v) is 4.84.